The first-order valence-electron chi connectivity index (χ1n) is 6.02. The number of tetrazole rings is 1. The zero-order valence-corrected chi connectivity index (χ0v) is 11.1. The summed E-state index contributed by atoms with van der Waals surface area (Å²) in [6.07, 6.45) is 1.40. The number of amides is 2. The number of H-pyrrole nitrogens is 1. The second-order valence-corrected chi connectivity index (χ2v) is 4.18. The van der Waals surface area contributed by atoms with Gasteiger partial charge in [0.15, 0.2) is 5.82 Å². The van der Waals surface area contributed by atoms with Crippen LogP contribution in [0.25, 0.3) is 0 Å². The van der Waals surface area contributed by atoms with E-state index in [1.54, 1.807) is 13.0 Å². The fourth-order valence-electron chi connectivity index (χ4n) is 1.50. The van der Waals surface area contributed by atoms with Crippen LogP contribution in [0.2, 0.25) is 0 Å². The number of carbonyl (C=O) groups is 2. The van der Waals surface area contributed by atoms with Crippen molar-refractivity contribution in [2.75, 3.05) is 0 Å². The Morgan fingerprint density at radius 1 is 1.43 bits per heavy atom. The van der Waals surface area contributed by atoms with Crippen LogP contribution in [0.15, 0.2) is 18.3 Å². The molecule has 0 aliphatic heterocycles. The zero-order valence-electron chi connectivity index (χ0n) is 11.1. The molecule has 4 N–H and O–H groups in total. The maximum atomic E-state index is 11.7. The van der Waals surface area contributed by atoms with Gasteiger partial charge >= 0.3 is 12.0 Å². The molecule has 21 heavy (non-hydrogen) atoms. The predicted octanol–water partition coefficient (Wildman–Crippen LogP) is -0.147. The molecule has 2 heterocycles. The molecule has 2 rings (SSSR count). The Balaban J connectivity index is 1.82. The highest BCUT2D eigenvalue weighted by Gasteiger charge is 2.13. The smallest absolute Gasteiger partial charge is 0.354 e. The van der Waals surface area contributed by atoms with Crippen LogP contribution in [-0.4, -0.2) is 42.7 Å². The minimum atomic E-state index is -1.10. The summed E-state index contributed by atoms with van der Waals surface area (Å²) < 4.78 is 0. The lowest BCUT2D eigenvalue weighted by molar-refractivity contribution is 0.0690. The number of hydrogen-bond acceptors (Lipinski definition) is 6. The van der Waals surface area contributed by atoms with Crippen LogP contribution in [0.3, 0.4) is 0 Å². The van der Waals surface area contributed by atoms with Gasteiger partial charge in [-0.2, -0.15) is 5.21 Å². The quantitative estimate of drug-likeness (QED) is 0.599. The topological polar surface area (TPSA) is 146 Å². The van der Waals surface area contributed by atoms with Crippen molar-refractivity contribution in [3.05, 3.63) is 35.4 Å². The van der Waals surface area contributed by atoms with Crippen LogP contribution >= 0.6 is 0 Å². The Labute approximate surface area is 119 Å². The number of nitrogens with one attached hydrogen (secondary N) is 3. The number of aromatic amines is 1. The molecule has 0 bridgehead atoms. The van der Waals surface area contributed by atoms with Crippen molar-refractivity contribution in [1.29, 1.82) is 0 Å². The molecule has 1 unspecified atom stereocenters. The van der Waals surface area contributed by atoms with Crippen molar-refractivity contribution in [2.24, 2.45) is 0 Å². The normalized spacial score (nSPS) is 11.7. The number of urea groups is 1. The van der Waals surface area contributed by atoms with Gasteiger partial charge < -0.3 is 15.7 Å². The molecule has 0 radical (unpaired) electrons. The maximum Gasteiger partial charge on any atom is 0.354 e. The van der Waals surface area contributed by atoms with E-state index in [4.69, 9.17) is 5.11 Å². The highest BCUT2D eigenvalue weighted by Crippen LogP contribution is 2.03. The minimum absolute atomic E-state index is 0.0473. The predicted molar refractivity (Wildman–Crippen MR) is 69.2 cm³/mol. The van der Waals surface area contributed by atoms with E-state index >= 15 is 0 Å². The first-order valence-corrected chi connectivity index (χ1v) is 6.02. The summed E-state index contributed by atoms with van der Waals surface area (Å²) in [5.74, 6) is -0.723. The summed E-state index contributed by atoms with van der Waals surface area (Å²) in [7, 11) is 0. The second-order valence-electron chi connectivity index (χ2n) is 4.18. The number of carboxylic acid groups (broad SMARTS) is 1. The lowest BCUT2D eigenvalue weighted by Crippen LogP contribution is -2.37. The largest absolute Gasteiger partial charge is 0.477 e. The maximum absolute atomic E-state index is 11.7. The van der Waals surface area contributed by atoms with Crippen LogP contribution < -0.4 is 10.6 Å². The first-order chi connectivity index (χ1) is 10.1. The van der Waals surface area contributed by atoms with E-state index in [0.29, 0.717) is 11.4 Å². The Morgan fingerprint density at radius 2 is 2.24 bits per heavy atom. The number of carboxylic acids is 1. The van der Waals surface area contributed by atoms with Crippen LogP contribution in [0, 0.1) is 0 Å². The Morgan fingerprint density at radius 3 is 2.81 bits per heavy atom. The van der Waals surface area contributed by atoms with Gasteiger partial charge in [-0.05, 0) is 18.6 Å². The van der Waals surface area contributed by atoms with Gasteiger partial charge in [0.25, 0.3) is 0 Å². The average molecular weight is 291 g/mol. The summed E-state index contributed by atoms with van der Waals surface area (Å²) in [4.78, 5) is 26.1. The molecule has 0 aliphatic rings. The third-order valence-corrected chi connectivity index (χ3v) is 2.59. The summed E-state index contributed by atoms with van der Waals surface area (Å²) in [5.41, 5.74) is 0.635. The van der Waals surface area contributed by atoms with Crippen molar-refractivity contribution < 1.29 is 14.7 Å². The lowest BCUT2D eigenvalue weighted by atomic mass is 10.2. The number of aromatic nitrogens is 5. The lowest BCUT2D eigenvalue weighted by Gasteiger charge is -2.11. The van der Waals surface area contributed by atoms with Gasteiger partial charge in [-0.1, -0.05) is 11.3 Å². The molecule has 2 amide bonds. The fraction of sp³-hybridized carbons (Fsp3) is 0.273. The van der Waals surface area contributed by atoms with Crippen molar-refractivity contribution in [3.8, 4) is 0 Å². The fourth-order valence-corrected chi connectivity index (χ4v) is 1.50. The Hall–Kier alpha value is -3.04. The van der Waals surface area contributed by atoms with Crippen molar-refractivity contribution in [3.63, 3.8) is 0 Å². The van der Waals surface area contributed by atoms with Crippen LogP contribution in [0.1, 0.15) is 34.8 Å². The van der Waals surface area contributed by atoms with Gasteiger partial charge in [-0.25, -0.2) is 14.6 Å². The van der Waals surface area contributed by atoms with Gasteiger partial charge in [-0.3, -0.25) is 0 Å². The van der Waals surface area contributed by atoms with Crippen LogP contribution in [-0.2, 0) is 6.54 Å². The van der Waals surface area contributed by atoms with Gasteiger partial charge in [0, 0.05) is 12.7 Å². The Bertz CT molecular complexity index is 611. The van der Waals surface area contributed by atoms with E-state index < -0.39 is 18.0 Å². The molecule has 2 aromatic heterocycles. The minimum Gasteiger partial charge on any atom is -0.477 e. The van der Waals surface area contributed by atoms with Gasteiger partial charge in [0.05, 0.1) is 6.04 Å². The van der Waals surface area contributed by atoms with E-state index in [9.17, 15) is 9.59 Å². The molecule has 0 aromatic carbocycles. The van der Waals surface area contributed by atoms with Gasteiger partial charge in [0.1, 0.15) is 5.69 Å². The van der Waals surface area contributed by atoms with Crippen LogP contribution in [0.5, 0.6) is 0 Å². The molecule has 0 aliphatic carbocycles. The van der Waals surface area contributed by atoms with Gasteiger partial charge in [0.2, 0.25) is 0 Å². The number of pyridine rings is 1. The highest BCUT2D eigenvalue weighted by atomic mass is 16.4. The summed E-state index contributed by atoms with van der Waals surface area (Å²) in [6.45, 7) is 1.94. The molecular weight excluding hydrogens is 278 g/mol. The molecule has 0 fully saturated rings. The summed E-state index contributed by atoms with van der Waals surface area (Å²) >= 11 is 0. The molecule has 2 aromatic rings. The number of rotatable bonds is 5. The third-order valence-electron chi connectivity index (χ3n) is 2.59. The van der Waals surface area contributed by atoms with E-state index in [1.165, 1.54) is 12.3 Å². The van der Waals surface area contributed by atoms with E-state index in [0.717, 1.165) is 0 Å². The zero-order chi connectivity index (χ0) is 15.2. The van der Waals surface area contributed by atoms with Crippen LogP contribution in [0.4, 0.5) is 4.79 Å². The third kappa shape index (κ3) is 3.96. The monoisotopic (exact) mass is 291 g/mol. The average Bonchev–Trinajstić information content (AvgIpc) is 3.00. The van der Waals surface area contributed by atoms with Gasteiger partial charge in [-0.15, -0.1) is 10.2 Å². The number of hydrogen-bond donors (Lipinski definition) is 4. The molecule has 1 atom stereocenters. The molecule has 10 heteroatoms. The molecule has 10 nitrogen and oxygen atoms in total. The van der Waals surface area contributed by atoms with E-state index in [-0.39, 0.29) is 12.2 Å². The van der Waals surface area contributed by atoms with Crippen molar-refractivity contribution in [1.82, 2.24) is 36.2 Å². The molecular formula is C11H13N7O3. The first kappa shape index (κ1) is 14.4. The summed E-state index contributed by atoms with van der Waals surface area (Å²) in [5, 5.41) is 27.2. The van der Waals surface area contributed by atoms with Crippen molar-refractivity contribution >= 4 is 12.0 Å². The molecule has 110 valence electrons. The number of carbonyl (C=O) groups excluding carboxylic acids is 1. The Kier molecular flexibility index (Phi) is 4.39. The number of aromatic carboxylic acids is 1. The second kappa shape index (κ2) is 6.41. The SMILES string of the molecule is CC(NC(=O)NCc1ccc(C(=O)O)nc1)c1nn[nH]n1. The molecule has 0 saturated carbocycles. The van der Waals surface area contributed by atoms with E-state index in [1.807, 2.05) is 0 Å². The van der Waals surface area contributed by atoms with Crippen molar-refractivity contribution in [2.45, 2.75) is 19.5 Å². The molecule has 0 spiro atoms. The number of nitrogens with zero attached hydrogens (tertiary/aromatic N) is 4. The summed E-state index contributed by atoms with van der Waals surface area (Å²) in [6, 6.07) is 2.16. The van der Waals surface area contributed by atoms with E-state index in [2.05, 4.69) is 36.2 Å². The highest BCUT2D eigenvalue weighted by molar-refractivity contribution is 5.85. The standard InChI is InChI=1S/C11H13N7O3/c1-6(9-15-17-18-16-9)14-11(21)13-5-7-2-3-8(10(19)20)12-4-7/h2-4,6H,5H2,1H3,(H,19,20)(H2,13,14,21)(H,15,16,17,18). The molecule has 0 saturated heterocycles.